The topological polar surface area (TPSA) is 70.7 Å². The zero-order chi connectivity index (χ0) is 16.2. The number of nitrogens with one attached hydrogen (secondary N) is 2. The maximum Gasteiger partial charge on any atom is 0.244 e. The second-order valence-electron chi connectivity index (χ2n) is 4.91. The van der Waals surface area contributed by atoms with Gasteiger partial charge in [0, 0.05) is 39.3 Å². The molecule has 0 unspecified atom stereocenters. The Bertz CT molecular complexity index is 621. The van der Waals surface area contributed by atoms with E-state index in [9.17, 15) is 12.8 Å². The number of nitrogens with zero attached hydrogens (tertiary/aromatic N) is 1. The second kappa shape index (κ2) is 7.69. The lowest BCUT2D eigenvalue weighted by molar-refractivity contribution is 0.245. The van der Waals surface area contributed by atoms with Crippen LogP contribution in [0, 0.1) is 5.82 Å². The summed E-state index contributed by atoms with van der Waals surface area (Å²) in [5.74, 6) is -0.550. The number of rotatable bonds is 6. The smallest absolute Gasteiger partial charge is 0.244 e. The van der Waals surface area contributed by atoms with Crippen molar-refractivity contribution in [2.45, 2.75) is 4.90 Å². The highest BCUT2D eigenvalue weighted by Crippen LogP contribution is 2.29. The summed E-state index contributed by atoms with van der Waals surface area (Å²) in [7, 11) is -2.47. The molecule has 2 rings (SSSR count). The zero-order valence-electron chi connectivity index (χ0n) is 12.2. The third kappa shape index (κ3) is 4.39. The number of sulfonamides is 1. The highest BCUT2D eigenvalue weighted by molar-refractivity contribution is 9.10. The van der Waals surface area contributed by atoms with Crippen molar-refractivity contribution in [2.24, 2.45) is 0 Å². The van der Waals surface area contributed by atoms with E-state index in [0.717, 1.165) is 32.2 Å². The summed E-state index contributed by atoms with van der Waals surface area (Å²) in [5, 5.41) is 3.23. The SMILES string of the molecule is COc1cc(Br)c(F)cc1S(=O)(=O)NCCN1CCNCC1. The fraction of sp³-hybridized carbons (Fsp3) is 0.538. The van der Waals surface area contributed by atoms with Gasteiger partial charge in [0.25, 0.3) is 0 Å². The molecule has 6 nitrogen and oxygen atoms in total. The van der Waals surface area contributed by atoms with Gasteiger partial charge in [-0.15, -0.1) is 0 Å². The number of hydrogen-bond donors (Lipinski definition) is 2. The molecular formula is C13H19BrFN3O3S. The lowest BCUT2D eigenvalue weighted by Gasteiger charge is -2.27. The first-order valence-electron chi connectivity index (χ1n) is 6.90. The highest BCUT2D eigenvalue weighted by Gasteiger charge is 2.22. The number of halogens is 2. The third-order valence-corrected chi connectivity index (χ3v) is 5.52. The lowest BCUT2D eigenvalue weighted by atomic mass is 10.3. The van der Waals surface area contributed by atoms with Gasteiger partial charge in [0.1, 0.15) is 16.5 Å². The molecule has 0 aliphatic carbocycles. The van der Waals surface area contributed by atoms with E-state index in [0.29, 0.717) is 6.54 Å². The van der Waals surface area contributed by atoms with Gasteiger partial charge in [-0.25, -0.2) is 17.5 Å². The minimum Gasteiger partial charge on any atom is -0.495 e. The van der Waals surface area contributed by atoms with Crippen molar-refractivity contribution in [3.63, 3.8) is 0 Å². The van der Waals surface area contributed by atoms with Crippen LogP contribution in [0.25, 0.3) is 0 Å². The van der Waals surface area contributed by atoms with E-state index >= 15 is 0 Å². The van der Waals surface area contributed by atoms with Crippen LogP contribution in [0.4, 0.5) is 4.39 Å². The van der Waals surface area contributed by atoms with Gasteiger partial charge in [0.2, 0.25) is 10.0 Å². The Labute approximate surface area is 138 Å². The van der Waals surface area contributed by atoms with Gasteiger partial charge >= 0.3 is 0 Å². The summed E-state index contributed by atoms with van der Waals surface area (Å²) >= 11 is 3.01. The predicted octanol–water partition coefficient (Wildman–Crippen LogP) is 0.780. The maximum absolute atomic E-state index is 13.6. The number of methoxy groups -OCH3 is 1. The second-order valence-corrected chi connectivity index (χ2v) is 7.50. The van der Waals surface area contributed by atoms with Crippen LogP contribution in [0.2, 0.25) is 0 Å². The Kier molecular flexibility index (Phi) is 6.16. The van der Waals surface area contributed by atoms with Crippen molar-refractivity contribution in [3.8, 4) is 5.75 Å². The van der Waals surface area contributed by atoms with Crippen molar-refractivity contribution in [2.75, 3.05) is 46.4 Å². The Morgan fingerprint density at radius 3 is 2.73 bits per heavy atom. The van der Waals surface area contributed by atoms with Crippen LogP contribution in [0.15, 0.2) is 21.5 Å². The first-order chi connectivity index (χ1) is 10.4. The van der Waals surface area contributed by atoms with Crippen LogP contribution in [0.5, 0.6) is 5.75 Å². The number of ether oxygens (including phenoxy) is 1. The molecule has 1 aromatic rings. The molecule has 1 heterocycles. The third-order valence-electron chi connectivity index (χ3n) is 3.43. The van der Waals surface area contributed by atoms with Crippen molar-refractivity contribution >= 4 is 26.0 Å². The molecule has 0 amide bonds. The van der Waals surface area contributed by atoms with E-state index < -0.39 is 15.8 Å². The molecule has 22 heavy (non-hydrogen) atoms. The van der Waals surface area contributed by atoms with Gasteiger partial charge < -0.3 is 10.1 Å². The zero-order valence-corrected chi connectivity index (χ0v) is 14.6. The molecule has 1 aliphatic heterocycles. The molecule has 0 saturated carbocycles. The molecule has 1 aliphatic rings. The average Bonchev–Trinajstić information content (AvgIpc) is 2.50. The Balaban J connectivity index is 2.04. The number of piperazine rings is 1. The monoisotopic (exact) mass is 395 g/mol. The minimum absolute atomic E-state index is 0.1000. The van der Waals surface area contributed by atoms with Crippen LogP contribution in [0.3, 0.4) is 0 Å². The molecule has 0 spiro atoms. The van der Waals surface area contributed by atoms with Crippen molar-refractivity contribution in [1.29, 1.82) is 0 Å². The summed E-state index contributed by atoms with van der Waals surface area (Å²) in [6.07, 6.45) is 0. The number of benzene rings is 1. The van der Waals surface area contributed by atoms with Crippen molar-refractivity contribution < 1.29 is 17.5 Å². The summed E-state index contributed by atoms with van der Waals surface area (Å²) in [6, 6.07) is 2.26. The molecule has 0 atom stereocenters. The standard InChI is InChI=1S/C13H19BrFN3O3S/c1-21-12-8-10(14)11(15)9-13(12)22(19,20)17-4-7-18-5-2-16-3-6-18/h8-9,16-17H,2-7H2,1H3. The molecule has 1 fully saturated rings. The summed E-state index contributed by atoms with van der Waals surface area (Å²) in [6.45, 7) is 4.46. The van der Waals surface area contributed by atoms with Gasteiger partial charge in [0.15, 0.2) is 0 Å². The molecule has 124 valence electrons. The van der Waals surface area contributed by atoms with Crippen LogP contribution in [-0.2, 0) is 10.0 Å². The average molecular weight is 396 g/mol. The molecule has 1 saturated heterocycles. The van der Waals surface area contributed by atoms with Crippen molar-refractivity contribution in [1.82, 2.24) is 14.9 Å². The van der Waals surface area contributed by atoms with Crippen LogP contribution in [-0.4, -0.2) is 59.7 Å². The first kappa shape index (κ1) is 17.6. The van der Waals surface area contributed by atoms with E-state index in [4.69, 9.17) is 4.74 Å². The summed E-state index contributed by atoms with van der Waals surface area (Å²) in [5.41, 5.74) is 0. The minimum atomic E-state index is -3.82. The molecular weight excluding hydrogens is 377 g/mol. The molecule has 9 heteroatoms. The quantitative estimate of drug-likeness (QED) is 0.744. The maximum atomic E-state index is 13.6. The van der Waals surface area contributed by atoms with Crippen LogP contribution in [0.1, 0.15) is 0 Å². The fourth-order valence-corrected chi connectivity index (χ4v) is 3.73. The van der Waals surface area contributed by atoms with E-state index in [2.05, 4.69) is 30.9 Å². The Morgan fingerprint density at radius 1 is 1.41 bits per heavy atom. The van der Waals surface area contributed by atoms with E-state index in [1.807, 2.05) is 0 Å². The Hall–Kier alpha value is -0.740. The fourth-order valence-electron chi connectivity index (χ4n) is 2.23. The van der Waals surface area contributed by atoms with Gasteiger partial charge in [-0.1, -0.05) is 0 Å². The predicted molar refractivity (Wildman–Crippen MR) is 85.2 cm³/mol. The van der Waals surface area contributed by atoms with Gasteiger partial charge in [0.05, 0.1) is 11.6 Å². The highest BCUT2D eigenvalue weighted by atomic mass is 79.9. The van der Waals surface area contributed by atoms with Crippen LogP contribution < -0.4 is 14.8 Å². The molecule has 2 N–H and O–H groups in total. The molecule has 1 aromatic carbocycles. The Morgan fingerprint density at radius 2 is 2.09 bits per heavy atom. The number of hydrogen-bond acceptors (Lipinski definition) is 5. The van der Waals surface area contributed by atoms with Crippen molar-refractivity contribution in [3.05, 3.63) is 22.4 Å². The summed E-state index contributed by atoms with van der Waals surface area (Å²) in [4.78, 5) is 1.97. The van der Waals surface area contributed by atoms with E-state index in [1.54, 1.807) is 0 Å². The lowest BCUT2D eigenvalue weighted by Crippen LogP contribution is -2.46. The normalized spacial score (nSPS) is 16.7. The summed E-state index contributed by atoms with van der Waals surface area (Å²) < 4.78 is 45.9. The van der Waals surface area contributed by atoms with Gasteiger partial charge in [-0.05, 0) is 28.1 Å². The largest absolute Gasteiger partial charge is 0.495 e. The first-order valence-corrected chi connectivity index (χ1v) is 9.17. The van der Waals surface area contributed by atoms with Gasteiger partial charge in [-0.3, -0.25) is 4.90 Å². The van der Waals surface area contributed by atoms with Crippen LogP contribution >= 0.6 is 15.9 Å². The molecule has 0 aromatic heterocycles. The van der Waals surface area contributed by atoms with E-state index in [1.165, 1.54) is 13.2 Å². The van der Waals surface area contributed by atoms with E-state index in [-0.39, 0.29) is 21.7 Å². The van der Waals surface area contributed by atoms with Gasteiger partial charge in [-0.2, -0.15) is 0 Å². The molecule has 0 radical (unpaired) electrons. The molecule has 0 bridgehead atoms.